The molecule has 4 rings (SSSR count). The van der Waals surface area contributed by atoms with Crippen LogP contribution in [0.2, 0.25) is 0 Å². The highest BCUT2D eigenvalue weighted by Gasteiger charge is 2.30. The van der Waals surface area contributed by atoms with Crippen LogP contribution in [-0.2, 0) is 11.2 Å². The van der Waals surface area contributed by atoms with Crippen molar-refractivity contribution in [2.75, 3.05) is 17.8 Å². The molecule has 6 heteroatoms. The molecule has 1 atom stereocenters. The first-order valence-corrected chi connectivity index (χ1v) is 10.0. The number of aromatic nitrogens is 1. The minimum Gasteiger partial charge on any atom is -0.497 e. The number of methoxy groups -OCH3 is 1. The van der Waals surface area contributed by atoms with Crippen molar-refractivity contribution in [3.05, 3.63) is 59.7 Å². The Bertz CT molecular complexity index is 1110. The van der Waals surface area contributed by atoms with E-state index in [4.69, 9.17) is 4.74 Å². The van der Waals surface area contributed by atoms with E-state index in [1.54, 1.807) is 13.2 Å². The van der Waals surface area contributed by atoms with Crippen molar-refractivity contribution in [2.45, 2.75) is 24.4 Å². The highest BCUT2D eigenvalue weighted by Crippen LogP contribution is 2.33. The predicted molar refractivity (Wildman–Crippen MR) is 111 cm³/mol. The lowest BCUT2D eigenvalue weighted by molar-refractivity contribution is -0.116. The molecule has 5 nitrogen and oxygen atoms in total. The summed E-state index contributed by atoms with van der Waals surface area (Å²) in [6, 6.07) is 17.7. The van der Waals surface area contributed by atoms with Crippen molar-refractivity contribution in [3.63, 3.8) is 0 Å². The van der Waals surface area contributed by atoms with Gasteiger partial charge in [-0.3, -0.25) is 4.79 Å². The predicted octanol–water partition coefficient (Wildman–Crippen LogP) is 4.18. The maximum absolute atomic E-state index is 12.9. The Morgan fingerprint density at radius 1 is 1.32 bits per heavy atom. The van der Waals surface area contributed by atoms with E-state index in [9.17, 15) is 10.1 Å². The summed E-state index contributed by atoms with van der Waals surface area (Å²) < 4.78 is 5.23. The third kappa shape index (κ3) is 3.30. The number of rotatable bonds is 4. The third-order valence-corrected chi connectivity index (χ3v) is 5.89. The second-order valence-electron chi connectivity index (χ2n) is 6.75. The fourth-order valence-electron chi connectivity index (χ4n) is 3.60. The fourth-order valence-corrected chi connectivity index (χ4v) is 4.42. The number of thioether (sulfide) groups is 1. The third-order valence-electron chi connectivity index (χ3n) is 4.92. The average Bonchev–Trinajstić information content (AvgIpc) is 3.06. The lowest BCUT2D eigenvalue weighted by atomic mass is 10.1. The average molecular weight is 389 g/mol. The van der Waals surface area contributed by atoms with Crippen molar-refractivity contribution in [1.29, 1.82) is 5.26 Å². The van der Waals surface area contributed by atoms with Gasteiger partial charge in [0.1, 0.15) is 16.8 Å². The van der Waals surface area contributed by atoms with Crippen LogP contribution in [0.25, 0.3) is 10.9 Å². The maximum atomic E-state index is 12.9. The minimum atomic E-state index is 0.0305. The number of hydrogen-bond acceptors (Lipinski definition) is 5. The molecule has 28 heavy (non-hydrogen) atoms. The molecule has 1 aromatic heterocycles. The molecule has 1 unspecified atom stereocenters. The molecule has 0 bridgehead atoms. The topological polar surface area (TPSA) is 66.2 Å². The molecule has 0 spiro atoms. The van der Waals surface area contributed by atoms with Crippen LogP contribution >= 0.6 is 11.8 Å². The van der Waals surface area contributed by atoms with Crippen LogP contribution in [0, 0.1) is 11.3 Å². The highest BCUT2D eigenvalue weighted by atomic mass is 32.2. The summed E-state index contributed by atoms with van der Waals surface area (Å²) in [6.07, 6.45) is 0.867. The van der Waals surface area contributed by atoms with Crippen LogP contribution in [0.1, 0.15) is 18.1 Å². The molecule has 0 saturated carbocycles. The van der Waals surface area contributed by atoms with Crippen LogP contribution in [-0.4, -0.2) is 29.8 Å². The van der Waals surface area contributed by atoms with Gasteiger partial charge < -0.3 is 9.64 Å². The molecule has 0 radical (unpaired) electrons. The molecule has 1 amide bonds. The molecule has 0 fully saturated rings. The second kappa shape index (κ2) is 7.53. The van der Waals surface area contributed by atoms with E-state index in [1.807, 2.05) is 41.3 Å². The number of benzene rings is 2. The first-order chi connectivity index (χ1) is 13.6. The van der Waals surface area contributed by atoms with E-state index >= 15 is 0 Å². The second-order valence-corrected chi connectivity index (χ2v) is 7.71. The number of para-hydroxylation sites is 1. The zero-order valence-corrected chi connectivity index (χ0v) is 16.5. The Labute approximate surface area is 167 Å². The number of carbonyl (C=O) groups excluding carboxylic acids is 1. The summed E-state index contributed by atoms with van der Waals surface area (Å²) in [5.74, 6) is 0.987. The van der Waals surface area contributed by atoms with E-state index in [0.29, 0.717) is 10.6 Å². The van der Waals surface area contributed by atoms with Gasteiger partial charge in [0.05, 0.1) is 23.9 Å². The Hall–Kier alpha value is -3.04. The number of pyridine rings is 1. The summed E-state index contributed by atoms with van der Waals surface area (Å²) in [7, 11) is 1.60. The van der Waals surface area contributed by atoms with Gasteiger partial charge in [0.2, 0.25) is 5.91 Å². The van der Waals surface area contributed by atoms with E-state index in [2.05, 4.69) is 24.0 Å². The largest absolute Gasteiger partial charge is 0.497 e. The van der Waals surface area contributed by atoms with Gasteiger partial charge in [-0.15, -0.1) is 0 Å². The zero-order valence-electron chi connectivity index (χ0n) is 15.7. The number of nitrogens with zero attached hydrogens (tertiary/aromatic N) is 3. The summed E-state index contributed by atoms with van der Waals surface area (Å²) in [5, 5.41) is 10.9. The number of anilines is 1. The minimum absolute atomic E-state index is 0.0305. The Morgan fingerprint density at radius 3 is 2.93 bits per heavy atom. The Morgan fingerprint density at radius 2 is 2.14 bits per heavy atom. The summed E-state index contributed by atoms with van der Waals surface area (Å²) in [5.41, 5.74) is 3.42. The molecular weight excluding hydrogens is 370 g/mol. The lowest BCUT2D eigenvalue weighted by Gasteiger charge is -2.22. The Kier molecular flexibility index (Phi) is 4.93. The maximum Gasteiger partial charge on any atom is 0.237 e. The summed E-state index contributed by atoms with van der Waals surface area (Å²) in [4.78, 5) is 19.4. The van der Waals surface area contributed by atoms with Gasteiger partial charge >= 0.3 is 0 Å². The van der Waals surface area contributed by atoms with Gasteiger partial charge in [-0.25, -0.2) is 4.98 Å². The van der Waals surface area contributed by atoms with Crippen LogP contribution < -0.4 is 9.64 Å². The quantitative estimate of drug-likeness (QED) is 0.626. The van der Waals surface area contributed by atoms with Crippen LogP contribution in [0.15, 0.2) is 53.6 Å². The van der Waals surface area contributed by atoms with E-state index in [-0.39, 0.29) is 17.7 Å². The van der Waals surface area contributed by atoms with Crippen LogP contribution in [0.5, 0.6) is 5.75 Å². The van der Waals surface area contributed by atoms with Gasteiger partial charge in [-0.1, -0.05) is 30.0 Å². The first-order valence-electron chi connectivity index (χ1n) is 9.02. The molecule has 2 aromatic carbocycles. The number of fused-ring (bicyclic) bond motifs is 2. The van der Waals surface area contributed by atoms with Gasteiger partial charge in [-0.05, 0) is 49.2 Å². The monoisotopic (exact) mass is 389 g/mol. The molecule has 1 aliphatic heterocycles. The highest BCUT2D eigenvalue weighted by molar-refractivity contribution is 8.00. The standard InChI is InChI=1S/C22H19N3O2S/c1-14-9-15-5-3-4-6-20(15)25(14)21(26)13-28-22-17(12-23)10-16-11-18(27-2)7-8-19(16)24-22/h3-8,10-11,14H,9,13H2,1-2H3. The van der Waals surface area contributed by atoms with Crippen molar-refractivity contribution in [3.8, 4) is 11.8 Å². The fraction of sp³-hybridized carbons (Fsp3) is 0.227. The SMILES string of the molecule is COc1ccc2nc(SCC(=O)N3c4ccccc4CC3C)c(C#N)cc2c1. The van der Waals surface area contributed by atoms with Gasteiger partial charge in [0.15, 0.2) is 0 Å². The molecule has 1 aliphatic rings. The van der Waals surface area contributed by atoms with Crippen molar-refractivity contribution in [1.82, 2.24) is 4.98 Å². The van der Waals surface area contributed by atoms with Gasteiger partial charge in [0.25, 0.3) is 0 Å². The summed E-state index contributed by atoms with van der Waals surface area (Å²) >= 11 is 1.31. The van der Waals surface area contributed by atoms with Crippen LogP contribution in [0.3, 0.4) is 0 Å². The van der Waals surface area contributed by atoms with Gasteiger partial charge in [-0.2, -0.15) is 5.26 Å². The lowest BCUT2D eigenvalue weighted by Crippen LogP contribution is -2.37. The number of amides is 1. The molecule has 0 N–H and O–H groups in total. The molecule has 140 valence electrons. The Balaban J connectivity index is 1.57. The number of ether oxygens (including phenoxy) is 1. The van der Waals surface area contributed by atoms with E-state index in [0.717, 1.165) is 28.8 Å². The van der Waals surface area contributed by atoms with Crippen molar-refractivity contribution in [2.24, 2.45) is 0 Å². The van der Waals surface area contributed by atoms with Crippen molar-refractivity contribution >= 4 is 34.3 Å². The van der Waals surface area contributed by atoms with E-state index in [1.165, 1.54) is 17.3 Å². The zero-order chi connectivity index (χ0) is 19.7. The first kappa shape index (κ1) is 18.3. The summed E-state index contributed by atoms with van der Waals surface area (Å²) in [6.45, 7) is 2.06. The molecular formula is C22H19N3O2S. The normalized spacial score (nSPS) is 15.3. The van der Waals surface area contributed by atoms with Crippen LogP contribution in [0.4, 0.5) is 5.69 Å². The molecule has 2 heterocycles. The number of carbonyl (C=O) groups is 1. The number of nitriles is 1. The van der Waals surface area contributed by atoms with Crippen molar-refractivity contribution < 1.29 is 9.53 Å². The number of hydrogen-bond donors (Lipinski definition) is 0. The van der Waals surface area contributed by atoms with E-state index < -0.39 is 0 Å². The van der Waals surface area contributed by atoms with Gasteiger partial charge in [0, 0.05) is 17.1 Å². The molecule has 3 aromatic rings. The molecule has 0 aliphatic carbocycles. The molecule has 0 saturated heterocycles. The smallest absolute Gasteiger partial charge is 0.237 e.